The standard InChI is InChI=1S/C27H21Cl2NO4S2/c1-2-36(33,34)20-13-7-17(8-14-20)15-24(31)30-25-16-22(18-9-11-19(28)12-10-18)27(35-25)26(32)21-5-3-4-6-23(21)29/h3-14,16H,2,15H2,1H3,(H,30,31). The van der Waals surface area contributed by atoms with E-state index in [1.165, 1.54) is 23.5 Å². The molecule has 0 saturated heterocycles. The van der Waals surface area contributed by atoms with Crippen LogP contribution in [0.2, 0.25) is 10.0 Å². The van der Waals surface area contributed by atoms with Gasteiger partial charge in [-0.25, -0.2) is 8.42 Å². The number of halogens is 2. The fraction of sp³-hybridized carbons (Fsp3) is 0.111. The zero-order chi connectivity index (χ0) is 25.9. The second-order valence-electron chi connectivity index (χ2n) is 7.94. The Balaban J connectivity index is 1.60. The third kappa shape index (κ3) is 5.87. The summed E-state index contributed by atoms with van der Waals surface area (Å²) in [5, 5.41) is 4.28. The van der Waals surface area contributed by atoms with Crippen molar-refractivity contribution in [2.24, 2.45) is 0 Å². The van der Waals surface area contributed by atoms with Crippen LogP contribution < -0.4 is 5.32 Å². The van der Waals surface area contributed by atoms with Crippen LogP contribution in [-0.4, -0.2) is 25.9 Å². The fourth-order valence-electron chi connectivity index (χ4n) is 3.58. The lowest BCUT2D eigenvalue weighted by molar-refractivity contribution is -0.115. The van der Waals surface area contributed by atoms with Crippen LogP contribution in [0.4, 0.5) is 5.00 Å². The van der Waals surface area contributed by atoms with E-state index in [1.807, 2.05) is 12.1 Å². The molecular formula is C27H21Cl2NO4S2. The Morgan fingerprint density at radius 1 is 0.917 bits per heavy atom. The van der Waals surface area contributed by atoms with Crippen LogP contribution in [0.15, 0.2) is 83.8 Å². The van der Waals surface area contributed by atoms with Crippen molar-refractivity contribution >= 4 is 61.1 Å². The van der Waals surface area contributed by atoms with E-state index in [2.05, 4.69) is 5.32 Å². The summed E-state index contributed by atoms with van der Waals surface area (Å²) in [6.07, 6.45) is 0.0500. The molecule has 1 heterocycles. The largest absolute Gasteiger partial charge is 0.317 e. The molecule has 0 radical (unpaired) electrons. The maximum atomic E-state index is 13.4. The maximum absolute atomic E-state index is 13.4. The molecule has 184 valence electrons. The molecule has 4 aromatic rings. The van der Waals surface area contributed by atoms with Crippen molar-refractivity contribution in [3.05, 3.63) is 105 Å². The van der Waals surface area contributed by atoms with Gasteiger partial charge < -0.3 is 5.32 Å². The highest BCUT2D eigenvalue weighted by Crippen LogP contribution is 2.37. The monoisotopic (exact) mass is 557 g/mol. The van der Waals surface area contributed by atoms with Gasteiger partial charge in [-0.3, -0.25) is 9.59 Å². The summed E-state index contributed by atoms with van der Waals surface area (Å²) in [4.78, 5) is 26.8. The van der Waals surface area contributed by atoms with Gasteiger partial charge in [-0.2, -0.15) is 0 Å². The lowest BCUT2D eigenvalue weighted by Gasteiger charge is -2.05. The third-order valence-electron chi connectivity index (χ3n) is 5.50. The summed E-state index contributed by atoms with van der Waals surface area (Å²) in [5.41, 5.74) is 2.48. The van der Waals surface area contributed by atoms with Gasteiger partial charge in [0.25, 0.3) is 0 Å². The van der Waals surface area contributed by atoms with Crippen LogP contribution >= 0.6 is 34.5 Å². The molecule has 0 aliphatic rings. The molecule has 1 aromatic heterocycles. The normalized spacial score (nSPS) is 11.3. The quantitative estimate of drug-likeness (QED) is 0.238. The highest BCUT2D eigenvalue weighted by atomic mass is 35.5. The first-order valence-electron chi connectivity index (χ1n) is 11.0. The van der Waals surface area contributed by atoms with Gasteiger partial charge >= 0.3 is 0 Å². The number of rotatable bonds is 8. The molecule has 0 aliphatic carbocycles. The van der Waals surface area contributed by atoms with Crippen molar-refractivity contribution in [1.29, 1.82) is 0 Å². The molecule has 0 fully saturated rings. The summed E-state index contributed by atoms with van der Waals surface area (Å²) in [6.45, 7) is 1.58. The van der Waals surface area contributed by atoms with Gasteiger partial charge in [0.2, 0.25) is 11.7 Å². The van der Waals surface area contributed by atoms with E-state index >= 15 is 0 Å². The van der Waals surface area contributed by atoms with Crippen molar-refractivity contribution in [3.8, 4) is 11.1 Å². The number of hydrogen-bond donors (Lipinski definition) is 1. The summed E-state index contributed by atoms with van der Waals surface area (Å²) < 4.78 is 24.0. The molecular weight excluding hydrogens is 537 g/mol. The number of amides is 1. The van der Waals surface area contributed by atoms with E-state index < -0.39 is 9.84 Å². The number of carbonyl (C=O) groups is 2. The molecule has 0 bridgehead atoms. The number of benzene rings is 3. The van der Waals surface area contributed by atoms with E-state index in [0.29, 0.717) is 36.6 Å². The number of ketones is 1. The summed E-state index contributed by atoms with van der Waals surface area (Å²) >= 11 is 13.5. The van der Waals surface area contributed by atoms with Gasteiger partial charge in [-0.15, -0.1) is 11.3 Å². The third-order valence-corrected chi connectivity index (χ3v) is 8.88. The number of nitrogens with one attached hydrogen (secondary N) is 1. The smallest absolute Gasteiger partial charge is 0.229 e. The van der Waals surface area contributed by atoms with Gasteiger partial charge in [0.15, 0.2) is 9.84 Å². The average Bonchev–Trinajstić information content (AvgIpc) is 3.28. The van der Waals surface area contributed by atoms with Crippen LogP contribution in [0.1, 0.15) is 27.7 Å². The van der Waals surface area contributed by atoms with E-state index in [-0.39, 0.29) is 28.8 Å². The SMILES string of the molecule is CCS(=O)(=O)c1ccc(CC(=O)Nc2cc(-c3ccc(Cl)cc3)c(C(=O)c3ccccc3Cl)s2)cc1. The number of sulfone groups is 1. The Morgan fingerprint density at radius 2 is 1.58 bits per heavy atom. The predicted octanol–water partition coefficient (Wildman–Crippen LogP) is 6.93. The molecule has 4 rings (SSSR count). The zero-order valence-corrected chi connectivity index (χ0v) is 22.3. The maximum Gasteiger partial charge on any atom is 0.229 e. The van der Waals surface area contributed by atoms with Gasteiger partial charge in [-0.1, -0.05) is 66.5 Å². The van der Waals surface area contributed by atoms with Crippen molar-refractivity contribution in [1.82, 2.24) is 0 Å². The average molecular weight is 559 g/mol. The van der Waals surface area contributed by atoms with Crippen LogP contribution in [0.3, 0.4) is 0 Å². The first-order valence-corrected chi connectivity index (χ1v) is 14.2. The van der Waals surface area contributed by atoms with E-state index in [1.54, 1.807) is 61.5 Å². The Kier molecular flexibility index (Phi) is 7.95. The number of carbonyl (C=O) groups excluding carboxylic acids is 2. The molecule has 1 amide bonds. The molecule has 0 atom stereocenters. The number of hydrogen-bond acceptors (Lipinski definition) is 5. The topological polar surface area (TPSA) is 80.3 Å². The molecule has 0 saturated carbocycles. The molecule has 0 spiro atoms. The molecule has 3 aromatic carbocycles. The molecule has 9 heteroatoms. The number of anilines is 1. The number of thiophene rings is 1. The first-order chi connectivity index (χ1) is 17.2. The highest BCUT2D eigenvalue weighted by Gasteiger charge is 2.22. The second kappa shape index (κ2) is 11.0. The minimum absolute atomic E-state index is 0.0103. The summed E-state index contributed by atoms with van der Waals surface area (Å²) in [6, 6.07) is 21.9. The van der Waals surface area contributed by atoms with Gasteiger partial charge in [-0.05, 0) is 53.6 Å². The van der Waals surface area contributed by atoms with Crippen molar-refractivity contribution in [2.45, 2.75) is 18.2 Å². The van der Waals surface area contributed by atoms with Crippen LogP contribution in [0.5, 0.6) is 0 Å². The Labute approximate surface area is 223 Å². The van der Waals surface area contributed by atoms with Crippen LogP contribution in [0, 0.1) is 0 Å². The van der Waals surface area contributed by atoms with Gasteiger partial charge in [0.05, 0.1) is 32.0 Å². The van der Waals surface area contributed by atoms with Gasteiger partial charge in [0.1, 0.15) is 0 Å². The Bertz CT molecular complexity index is 1530. The minimum Gasteiger partial charge on any atom is -0.317 e. The molecule has 1 N–H and O–H groups in total. The fourth-order valence-corrected chi connectivity index (χ4v) is 5.86. The predicted molar refractivity (Wildman–Crippen MR) is 146 cm³/mol. The molecule has 0 aliphatic heterocycles. The zero-order valence-electron chi connectivity index (χ0n) is 19.1. The van der Waals surface area contributed by atoms with E-state index in [9.17, 15) is 18.0 Å². The summed E-state index contributed by atoms with van der Waals surface area (Å²) in [7, 11) is -3.31. The van der Waals surface area contributed by atoms with E-state index in [4.69, 9.17) is 23.2 Å². The first kappa shape index (κ1) is 26.1. The highest BCUT2D eigenvalue weighted by molar-refractivity contribution is 7.91. The lowest BCUT2D eigenvalue weighted by Crippen LogP contribution is -2.13. The van der Waals surface area contributed by atoms with Crippen molar-refractivity contribution in [2.75, 3.05) is 11.1 Å². The minimum atomic E-state index is -3.31. The molecule has 0 unspecified atom stereocenters. The van der Waals surface area contributed by atoms with Crippen molar-refractivity contribution < 1.29 is 18.0 Å². The lowest BCUT2D eigenvalue weighted by atomic mass is 10.0. The Hall–Kier alpha value is -2.97. The van der Waals surface area contributed by atoms with Crippen molar-refractivity contribution in [3.63, 3.8) is 0 Å². The van der Waals surface area contributed by atoms with Crippen LogP contribution in [-0.2, 0) is 21.1 Å². The second-order valence-corrected chi connectivity index (χ2v) is 12.1. The Morgan fingerprint density at radius 3 is 2.22 bits per heavy atom. The summed E-state index contributed by atoms with van der Waals surface area (Å²) in [5.74, 6) is -0.526. The molecule has 36 heavy (non-hydrogen) atoms. The van der Waals surface area contributed by atoms with Gasteiger partial charge in [0, 0.05) is 16.1 Å². The van der Waals surface area contributed by atoms with Crippen LogP contribution in [0.25, 0.3) is 11.1 Å². The molecule has 5 nitrogen and oxygen atoms in total. The van der Waals surface area contributed by atoms with E-state index in [0.717, 1.165) is 5.56 Å².